The summed E-state index contributed by atoms with van der Waals surface area (Å²) >= 11 is 0. The van der Waals surface area contributed by atoms with Crippen molar-refractivity contribution in [1.82, 2.24) is 5.32 Å². The minimum atomic E-state index is 0.991. The molecule has 2 nitrogen and oxygen atoms in total. The molecule has 0 spiro atoms. The van der Waals surface area contributed by atoms with Crippen molar-refractivity contribution in [3.05, 3.63) is 24.2 Å². The number of nitrogens with one attached hydrogen (secondary N) is 1. The van der Waals surface area contributed by atoms with E-state index >= 15 is 0 Å². The van der Waals surface area contributed by atoms with Gasteiger partial charge in [0.15, 0.2) is 0 Å². The second-order valence-electron chi connectivity index (χ2n) is 4.87. The van der Waals surface area contributed by atoms with Crippen LogP contribution in [0.1, 0.15) is 44.3 Å². The van der Waals surface area contributed by atoms with Crippen molar-refractivity contribution in [1.29, 1.82) is 0 Å². The van der Waals surface area contributed by atoms with E-state index in [0.717, 1.165) is 24.6 Å². The Morgan fingerprint density at radius 3 is 2.81 bits per heavy atom. The molecule has 0 atom stereocenters. The molecular weight excluding hydrogens is 198 g/mol. The fourth-order valence-corrected chi connectivity index (χ4v) is 2.57. The quantitative estimate of drug-likeness (QED) is 0.745. The molecule has 1 fully saturated rings. The summed E-state index contributed by atoms with van der Waals surface area (Å²) in [5, 5.41) is 3.51. The van der Waals surface area contributed by atoms with Crippen molar-refractivity contribution < 1.29 is 4.42 Å². The van der Waals surface area contributed by atoms with E-state index in [4.69, 9.17) is 4.42 Å². The van der Waals surface area contributed by atoms with Crippen LogP contribution in [0.25, 0.3) is 0 Å². The van der Waals surface area contributed by atoms with Crippen molar-refractivity contribution in [2.45, 2.75) is 44.9 Å². The maximum absolute atomic E-state index is 5.29. The van der Waals surface area contributed by atoms with Gasteiger partial charge in [-0.15, -0.1) is 0 Å². The second-order valence-corrected chi connectivity index (χ2v) is 4.87. The lowest BCUT2D eigenvalue weighted by atomic mass is 9.87. The highest BCUT2D eigenvalue weighted by atomic mass is 16.3. The maximum Gasteiger partial charge on any atom is 0.105 e. The molecule has 1 aromatic heterocycles. The zero-order chi connectivity index (χ0) is 11.1. The van der Waals surface area contributed by atoms with E-state index in [1.165, 1.54) is 45.1 Å². The zero-order valence-electron chi connectivity index (χ0n) is 10.1. The average Bonchev–Trinajstić information content (AvgIpc) is 2.83. The van der Waals surface area contributed by atoms with E-state index in [1.54, 1.807) is 6.26 Å². The Hall–Kier alpha value is -0.760. The van der Waals surface area contributed by atoms with Crippen molar-refractivity contribution in [3.63, 3.8) is 0 Å². The first-order valence-electron chi connectivity index (χ1n) is 6.68. The van der Waals surface area contributed by atoms with Crippen LogP contribution >= 0.6 is 0 Å². The third-order valence-electron chi connectivity index (χ3n) is 3.58. The number of hydrogen-bond donors (Lipinski definition) is 1. The molecule has 1 aliphatic rings. The molecule has 2 heteroatoms. The number of furan rings is 1. The molecule has 2 rings (SSSR count). The van der Waals surface area contributed by atoms with Gasteiger partial charge in [-0.25, -0.2) is 0 Å². The summed E-state index contributed by atoms with van der Waals surface area (Å²) in [5.74, 6) is 2.08. The lowest BCUT2D eigenvalue weighted by Crippen LogP contribution is -2.21. The van der Waals surface area contributed by atoms with Gasteiger partial charge in [0.05, 0.1) is 6.26 Å². The normalized spacial score (nSPS) is 17.8. The SMILES string of the molecule is c1coc(CCNCCC2CCCCC2)c1. The van der Waals surface area contributed by atoms with Gasteiger partial charge in [0.1, 0.15) is 5.76 Å². The van der Waals surface area contributed by atoms with E-state index in [-0.39, 0.29) is 0 Å². The second kappa shape index (κ2) is 6.74. The number of hydrogen-bond acceptors (Lipinski definition) is 2. The van der Waals surface area contributed by atoms with Gasteiger partial charge in [-0.05, 0) is 31.0 Å². The Morgan fingerprint density at radius 2 is 2.06 bits per heavy atom. The van der Waals surface area contributed by atoms with Crippen LogP contribution in [0.2, 0.25) is 0 Å². The largest absolute Gasteiger partial charge is 0.469 e. The summed E-state index contributed by atoms with van der Waals surface area (Å²) in [5.41, 5.74) is 0. The lowest BCUT2D eigenvalue weighted by Gasteiger charge is -2.21. The van der Waals surface area contributed by atoms with Gasteiger partial charge in [0.25, 0.3) is 0 Å². The van der Waals surface area contributed by atoms with Crippen LogP contribution in [0.4, 0.5) is 0 Å². The molecule has 0 aromatic carbocycles. The van der Waals surface area contributed by atoms with E-state index in [1.807, 2.05) is 12.1 Å². The van der Waals surface area contributed by atoms with Crippen LogP contribution in [0.3, 0.4) is 0 Å². The summed E-state index contributed by atoms with van der Waals surface area (Å²) in [4.78, 5) is 0. The molecule has 90 valence electrons. The summed E-state index contributed by atoms with van der Waals surface area (Å²) in [6, 6.07) is 4.00. The maximum atomic E-state index is 5.29. The van der Waals surface area contributed by atoms with E-state index in [0.29, 0.717) is 0 Å². The first kappa shape index (κ1) is 11.7. The molecule has 1 aromatic rings. The summed E-state index contributed by atoms with van der Waals surface area (Å²) in [6.45, 7) is 2.21. The van der Waals surface area contributed by atoms with Crippen molar-refractivity contribution in [3.8, 4) is 0 Å². The highest BCUT2D eigenvalue weighted by Gasteiger charge is 2.12. The molecule has 0 aliphatic heterocycles. The molecule has 0 unspecified atom stereocenters. The Bertz CT molecular complexity index is 262. The molecule has 1 saturated carbocycles. The van der Waals surface area contributed by atoms with Crippen molar-refractivity contribution in [2.75, 3.05) is 13.1 Å². The van der Waals surface area contributed by atoms with Gasteiger partial charge in [-0.1, -0.05) is 32.1 Å². The van der Waals surface area contributed by atoms with Gasteiger partial charge in [-0.3, -0.25) is 0 Å². The fourth-order valence-electron chi connectivity index (χ4n) is 2.57. The Labute approximate surface area is 98.4 Å². The summed E-state index contributed by atoms with van der Waals surface area (Å²) < 4.78 is 5.29. The molecule has 0 radical (unpaired) electrons. The fraction of sp³-hybridized carbons (Fsp3) is 0.714. The minimum absolute atomic E-state index is 0.991. The van der Waals surface area contributed by atoms with E-state index in [9.17, 15) is 0 Å². The standard InChI is InChI=1S/C14H23NO/c1-2-5-13(6-3-1)8-10-15-11-9-14-7-4-12-16-14/h4,7,12-13,15H,1-3,5-6,8-11H2. The predicted octanol–water partition coefficient (Wildman–Crippen LogP) is 3.38. The zero-order valence-corrected chi connectivity index (χ0v) is 10.1. The first-order valence-corrected chi connectivity index (χ1v) is 6.68. The van der Waals surface area contributed by atoms with Crippen LogP contribution < -0.4 is 5.32 Å². The van der Waals surface area contributed by atoms with Gasteiger partial charge >= 0.3 is 0 Å². The molecule has 1 heterocycles. The Balaban J connectivity index is 1.48. The number of rotatable bonds is 6. The average molecular weight is 221 g/mol. The lowest BCUT2D eigenvalue weighted by molar-refractivity contribution is 0.334. The molecule has 0 bridgehead atoms. The Morgan fingerprint density at radius 1 is 1.19 bits per heavy atom. The van der Waals surface area contributed by atoms with Crippen molar-refractivity contribution >= 4 is 0 Å². The van der Waals surface area contributed by atoms with Gasteiger partial charge in [0, 0.05) is 13.0 Å². The third kappa shape index (κ3) is 4.01. The molecule has 0 saturated heterocycles. The third-order valence-corrected chi connectivity index (χ3v) is 3.58. The highest BCUT2D eigenvalue weighted by Crippen LogP contribution is 2.25. The Kier molecular flexibility index (Phi) is 4.94. The van der Waals surface area contributed by atoms with E-state index < -0.39 is 0 Å². The van der Waals surface area contributed by atoms with Crippen LogP contribution in [0.5, 0.6) is 0 Å². The van der Waals surface area contributed by atoms with Gasteiger partial charge < -0.3 is 9.73 Å². The molecule has 0 amide bonds. The monoisotopic (exact) mass is 221 g/mol. The highest BCUT2D eigenvalue weighted by molar-refractivity contribution is 4.98. The molecule has 16 heavy (non-hydrogen) atoms. The van der Waals surface area contributed by atoms with Crippen LogP contribution in [-0.4, -0.2) is 13.1 Å². The van der Waals surface area contributed by atoms with E-state index in [2.05, 4.69) is 5.32 Å². The molecule has 1 N–H and O–H groups in total. The molecule has 1 aliphatic carbocycles. The van der Waals surface area contributed by atoms with Crippen molar-refractivity contribution in [2.24, 2.45) is 5.92 Å². The first-order chi connectivity index (χ1) is 7.95. The van der Waals surface area contributed by atoms with Crippen LogP contribution in [0.15, 0.2) is 22.8 Å². The minimum Gasteiger partial charge on any atom is -0.469 e. The predicted molar refractivity (Wildman–Crippen MR) is 66.5 cm³/mol. The smallest absolute Gasteiger partial charge is 0.105 e. The van der Waals surface area contributed by atoms with Gasteiger partial charge in [-0.2, -0.15) is 0 Å². The van der Waals surface area contributed by atoms with Crippen LogP contribution in [-0.2, 0) is 6.42 Å². The van der Waals surface area contributed by atoms with Gasteiger partial charge in [0.2, 0.25) is 0 Å². The van der Waals surface area contributed by atoms with Crippen LogP contribution in [0, 0.1) is 5.92 Å². The topological polar surface area (TPSA) is 25.2 Å². The molecular formula is C14H23NO. The summed E-state index contributed by atoms with van der Waals surface area (Å²) in [7, 11) is 0. The summed E-state index contributed by atoms with van der Waals surface area (Å²) in [6.07, 6.45) is 11.4.